The summed E-state index contributed by atoms with van der Waals surface area (Å²) in [6.07, 6.45) is 0.620. The maximum atomic E-state index is 11.5. The van der Waals surface area contributed by atoms with Crippen molar-refractivity contribution in [2.24, 2.45) is 5.41 Å². The number of carbonyl (C=O) groups is 2. The van der Waals surface area contributed by atoms with Crippen LogP contribution < -0.4 is 5.32 Å². The van der Waals surface area contributed by atoms with Gasteiger partial charge in [-0.2, -0.15) is 0 Å². The van der Waals surface area contributed by atoms with E-state index in [4.69, 9.17) is 9.47 Å². The molecule has 0 aliphatic carbocycles. The highest BCUT2D eigenvalue weighted by Crippen LogP contribution is 2.37. The fraction of sp³-hybridized carbons (Fsp3) is 0.636. The van der Waals surface area contributed by atoms with Gasteiger partial charge < -0.3 is 19.9 Å². The first-order chi connectivity index (χ1) is 7.85. The highest BCUT2D eigenvalue weighted by Gasteiger charge is 2.57. The Labute approximate surface area is 99.6 Å². The quantitative estimate of drug-likeness (QED) is 0.713. The Morgan fingerprint density at radius 1 is 1.53 bits per heavy atom. The third-order valence-electron chi connectivity index (χ3n) is 2.95. The van der Waals surface area contributed by atoms with Crippen LogP contribution in [-0.4, -0.2) is 42.5 Å². The zero-order chi connectivity index (χ0) is 13.1. The number of carboxylic acids is 1. The molecule has 1 atom stereocenters. The number of aliphatic carboxylic acids is 1. The molecule has 1 unspecified atom stereocenters. The number of hydrogen-bond donors (Lipinski definition) is 2. The monoisotopic (exact) mass is 243 g/mol. The Hall–Kier alpha value is -1.56. The molecule has 0 saturated carbocycles. The maximum absolute atomic E-state index is 11.5. The van der Waals surface area contributed by atoms with Crippen LogP contribution in [0.1, 0.15) is 13.8 Å². The summed E-state index contributed by atoms with van der Waals surface area (Å²) in [6.45, 7) is 7.07. The molecule has 6 nitrogen and oxygen atoms in total. The third-order valence-corrected chi connectivity index (χ3v) is 2.95. The van der Waals surface area contributed by atoms with Crippen molar-refractivity contribution in [3.63, 3.8) is 0 Å². The van der Waals surface area contributed by atoms with E-state index < -0.39 is 23.0 Å². The summed E-state index contributed by atoms with van der Waals surface area (Å²) in [4.78, 5) is 22.8. The molecule has 0 aromatic heterocycles. The van der Waals surface area contributed by atoms with E-state index in [2.05, 4.69) is 11.9 Å². The molecule has 1 heterocycles. The van der Waals surface area contributed by atoms with Gasteiger partial charge in [0.25, 0.3) is 0 Å². The molecule has 1 rings (SSSR count). The van der Waals surface area contributed by atoms with Gasteiger partial charge in [0.05, 0.1) is 13.2 Å². The number of hydrogen-bond acceptors (Lipinski definition) is 4. The minimum atomic E-state index is -1.45. The number of alkyl carbamates (subject to hydrolysis) is 1. The van der Waals surface area contributed by atoms with Crippen LogP contribution in [0.2, 0.25) is 0 Å². The summed E-state index contributed by atoms with van der Waals surface area (Å²) >= 11 is 0. The molecule has 2 N–H and O–H groups in total. The standard InChI is InChI=1S/C11H17NO5/c1-4-5-17-9(15)12-11(8(13)14)7-16-6-10(11,2)3/h4H,1,5-7H2,2-3H3,(H,12,15)(H,13,14). The van der Waals surface area contributed by atoms with Crippen molar-refractivity contribution in [2.75, 3.05) is 19.8 Å². The topological polar surface area (TPSA) is 84.9 Å². The minimum Gasteiger partial charge on any atom is -0.479 e. The lowest BCUT2D eigenvalue weighted by Crippen LogP contribution is -2.63. The summed E-state index contributed by atoms with van der Waals surface area (Å²) < 4.78 is 9.91. The predicted molar refractivity (Wildman–Crippen MR) is 59.6 cm³/mol. The van der Waals surface area contributed by atoms with Crippen LogP contribution in [0.3, 0.4) is 0 Å². The lowest BCUT2D eigenvalue weighted by Gasteiger charge is -2.35. The predicted octanol–water partition coefficient (Wildman–Crippen LogP) is 0.778. The van der Waals surface area contributed by atoms with Crippen LogP contribution in [-0.2, 0) is 14.3 Å². The summed E-state index contributed by atoms with van der Waals surface area (Å²) in [5.74, 6) is -1.13. The first kappa shape index (κ1) is 13.5. The average molecular weight is 243 g/mol. The smallest absolute Gasteiger partial charge is 0.408 e. The highest BCUT2D eigenvalue weighted by atomic mass is 16.6. The third kappa shape index (κ3) is 2.41. The van der Waals surface area contributed by atoms with Crippen LogP contribution >= 0.6 is 0 Å². The lowest BCUT2D eigenvalue weighted by atomic mass is 9.75. The Kier molecular flexibility index (Phi) is 3.77. The van der Waals surface area contributed by atoms with Gasteiger partial charge in [-0.05, 0) is 0 Å². The van der Waals surface area contributed by atoms with Gasteiger partial charge in [0.2, 0.25) is 0 Å². The van der Waals surface area contributed by atoms with E-state index in [9.17, 15) is 14.7 Å². The molecule has 1 aliphatic rings. The van der Waals surface area contributed by atoms with Crippen LogP contribution in [0.25, 0.3) is 0 Å². The minimum absolute atomic E-state index is 0.0306. The van der Waals surface area contributed by atoms with E-state index in [1.54, 1.807) is 13.8 Å². The first-order valence-electron chi connectivity index (χ1n) is 5.23. The van der Waals surface area contributed by atoms with E-state index in [0.717, 1.165) is 0 Å². The summed E-state index contributed by atoms with van der Waals surface area (Å²) in [7, 11) is 0. The second-order valence-electron chi connectivity index (χ2n) is 4.60. The van der Waals surface area contributed by atoms with Gasteiger partial charge in [-0.15, -0.1) is 0 Å². The Morgan fingerprint density at radius 2 is 2.18 bits per heavy atom. The molecule has 0 aromatic carbocycles. The van der Waals surface area contributed by atoms with Crippen molar-refractivity contribution < 1.29 is 24.2 Å². The van der Waals surface area contributed by atoms with Gasteiger partial charge in [0.1, 0.15) is 6.61 Å². The van der Waals surface area contributed by atoms with Gasteiger partial charge in [0, 0.05) is 5.41 Å². The zero-order valence-corrected chi connectivity index (χ0v) is 9.99. The summed E-state index contributed by atoms with van der Waals surface area (Å²) in [5.41, 5.74) is -2.16. The van der Waals surface area contributed by atoms with Crippen LogP contribution in [0.5, 0.6) is 0 Å². The molecule has 96 valence electrons. The maximum Gasteiger partial charge on any atom is 0.408 e. The van der Waals surface area contributed by atoms with E-state index >= 15 is 0 Å². The van der Waals surface area contributed by atoms with E-state index in [1.807, 2.05) is 0 Å². The number of carboxylic acid groups (broad SMARTS) is 1. The SMILES string of the molecule is C=CCOC(=O)NC1(C(=O)O)COCC1(C)C. The van der Waals surface area contributed by atoms with Crippen molar-refractivity contribution in [2.45, 2.75) is 19.4 Å². The van der Waals surface area contributed by atoms with Gasteiger partial charge >= 0.3 is 12.1 Å². The van der Waals surface area contributed by atoms with Gasteiger partial charge in [-0.25, -0.2) is 9.59 Å². The van der Waals surface area contributed by atoms with Crippen LogP contribution in [0.4, 0.5) is 4.79 Å². The molecule has 6 heteroatoms. The molecule has 17 heavy (non-hydrogen) atoms. The molecule has 0 aromatic rings. The number of rotatable bonds is 4. The molecule has 1 saturated heterocycles. The fourth-order valence-corrected chi connectivity index (χ4v) is 1.73. The second-order valence-corrected chi connectivity index (χ2v) is 4.60. The van der Waals surface area contributed by atoms with Crippen molar-refractivity contribution >= 4 is 12.1 Å². The molecular weight excluding hydrogens is 226 g/mol. The number of amides is 1. The van der Waals surface area contributed by atoms with Crippen molar-refractivity contribution in [1.29, 1.82) is 0 Å². The highest BCUT2D eigenvalue weighted by molar-refractivity contribution is 5.86. The normalized spacial score (nSPS) is 26.2. The summed E-state index contributed by atoms with van der Waals surface area (Å²) in [5, 5.41) is 11.7. The number of nitrogens with one attached hydrogen (secondary N) is 1. The number of ether oxygens (including phenoxy) is 2. The molecule has 1 aliphatic heterocycles. The number of carbonyl (C=O) groups excluding carboxylic acids is 1. The van der Waals surface area contributed by atoms with E-state index in [0.29, 0.717) is 0 Å². The Bertz CT molecular complexity index is 339. The average Bonchev–Trinajstić information content (AvgIpc) is 2.52. The second kappa shape index (κ2) is 4.75. The lowest BCUT2D eigenvalue weighted by molar-refractivity contribution is -0.148. The molecule has 0 radical (unpaired) electrons. The largest absolute Gasteiger partial charge is 0.479 e. The van der Waals surface area contributed by atoms with Crippen LogP contribution in [0.15, 0.2) is 12.7 Å². The first-order valence-corrected chi connectivity index (χ1v) is 5.23. The van der Waals surface area contributed by atoms with E-state index in [-0.39, 0.29) is 19.8 Å². The van der Waals surface area contributed by atoms with Crippen molar-refractivity contribution in [1.82, 2.24) is 5.32 Å². The molecule has 1 fully saturated rings. The van der Waals surface area contributed by atoms with Crippen molar-refractivity contribution in [3.05, 3.63) is 12.7 Å². The van der Waals surface area contributed by atoms with Crippen LogP contribution in [0, 0.1) is 5.41 Å². The van der Waals surface area contributed by atoms with Gasteiger partial charge in [0.15, 0.2) is 5.54 Å². The molecule has 0 bridgehead atoms. The summed E-state index contributed by atoms with van der Waals surface area (Å²) in [6, 6.07) is 0. The molecule has 0 spiro atoms. The Morgan fingerprint density at radius 3 is 2.59 bits per heavy atom. The fourth-order valence-electron chi connectivity index (χ4n) is 1.73. The van der Waals surface area contributed by atoms with Gasteiger partial charge in [-0.3, -0.25) is 0 Å². The van der Waals surface area contributed by atoms with Crippen molar-refractivity contribution in [3.8, 4) is 0 Å². The van der Waals surface area contributed by atoms with E-state index in [1.165, 1.54) is 6.08 Å². The molecule has 1 amide bonds. The Balaban J connectivity index is 2.83. The zero-order valence-electron chi connectivity index (χ0n) is 9.99. The van der Waals surface area contributed by atoms with Gasteiger partial charge in [-0.1, -0.05) is 26.5 Å². The molecular formula is C11H17NO5.